The molecule has 0 atom stereocenters. The number of hydrogen-bond donors (Lipinski definition) is 3. The number of aromatic hydroxyl groups is 1. The number of H-pyrrole nitrogens is 1. The predicted molar refractivity (Wildman–Crippen MR) is 65.9 cm³/mol. The lowest BCUT2D eigenvalue weighted by Gasteiger charge is -2.09. The summed E-state index contributed by atoms with van der Waals surface area (Å²) in [6, 6.07) is 5.69. The van der Waals surface area contributed by atoms with E-state index in [2.05, 4.69) is 4.98 Å². The van der Waals surface area contributed by atoms with Crippen molar-refractivity contribution in [2.45, 2.75) is 6.92 Å². The second kappa shape index (κ2) is 4.37. The maximum absolute atomic E-state index is 11.6. The van der Waals surface area contributed by atoms with E-state index in [0.717, 1.165) is 0 Å². The Morgan fingerprint density at radius 1 is 1.28 bits per heavy atom. The summed E-state index contributed by atoms with van der Waals surface area (Å²) >= 11 is 0. The summed E-state index contributed by atoms with van der Waals surface area (Å²) in [5.74, 6) is -1.19. The van der Waals surface area contributed by atoms with E-state index >= 15 is 0 Å². The quantitative estimate of drug-likeness (QED) is 0.751. The van der Waals surface area contributed by atoms with Crippen LogP contribution < -0.4 is 5.43 Å². The molecular weight excluding hydrogens is 234 g/mol. The number of phenolic OH excluding ortho intramolecular Hbond substituents is 1. The van der Waals surface area contributed by atoms with Gasteiger partial charge < -0.3 is 15.2 Å². The number of aromatic carboxylic acids is 1. The van der Waals surface area contributed by atoms with Crippen molar-refractivity contribution in [2.24, 2.45) is 0 Å². The Balaban J connectivity index is 2.75. The zero-order valence-electron chi connectivity index (χ0n) is 9.60. The van der Waals surface area contributed by atoms with E-state index in [1.807, 2.05) is 0 Å². The third-order valence-corrected chi connectivity index (χ3v) is 2.65. The van der Waals surface area contributed by atoms with Crippen molar-refractivity contribution >= 4 is 5.97 Å². The van der Waals surface area contributed by atoms with Gasteiger partial charge in [0.2, 0.25) is 0 Å². The van der Waals surface area contributed by atoms with Crippen LogP contribution in [0.25, 0.3) is 11.3 Å². The number of nitrogens with one attached hydrogen (secondary N) is 1. The van der Waals surface area contributed by atoms with Crippen molar-refractivity contribution < 1.29 is 15.0 Å². The van der Waals surface area contributed by atoms with Crippen molar-refractivity contribution in [1.82, 2.24) is 4.98 Å². The van der Waals surface area contributed by atoms with Crippen molar-refractivity contribution in [2.75, 3.05) is 0 Å². The summed E-state index contributed by atoms with van der Waals surface area (Å²) in [6.45, 7) is 1.73. The monoisotopic (exact) mass is 245 g/mol. The fourth-order valence-corrected chi connectivity index (χ4v) is 1.83. The van der Waals surface area contributed by atoms with Gasteiger partial charge in [-0.1, -0.05) is 0 Å². The lowest BCUT2D eigenvalue weighted by molar-refractivity contribution is 0.0696. The van der Waals surface area contributed by atoms with E-state index in [-0.39, 0.29) is 17.0 Å². The van der Waals surface area contributed by atoms with Gasteiger partial charge in [-0.3, -0.25) is 4.79 Å². The zero-order valence-corrected chi connectivity index (χ0v) is 9.60. The molecule has 2 rings (SSSR count). The summed E-state index contributed by atoms with van der Waals surface area (Å²) in [5.41, 5.74) is 0.643. The molecule has 2 aromatic rings. The van der Waals surface area contributed by atoms with Gasteiger partial charge in [-0.2, -0.15) is 0 Å². The first-order valence-electron chi connectivity index (χ1n) is 5.25. The number of carbonyl (C=O) groups is 1. The van der Waals surface area contributed by atoms with Gasteiger partial charge >= 0.3 is 5.97 Å². The topological polar surface area (TPSA) is 90.4 Å². The van der Waals surface area contributed by atoms with Crippen molar-refractivity contribution in [3.63, 3.8) is 0 Å². The van der Waals surface area contributed by atoms with Crippen molar-refractivity contribution in [3.05, 3.63) is 51.8 Å². The Morgan fingerprint density at radius 3 is 2.61 bits per heavy atom. The van der Waals surface area contributed by atoms with Gasteiger partial charge in [0, 0.05) is 17.8 Å². The van der Waals surface area contributed by atoms with E-state index in [1.54, 1.807) is 13.0 Å². The van der Waals surface area contributed by atoms with E-state index in [4.69, 9.17) is 5.11 Å². The highest BCUT2D eigenvalue weighted by Gasteiger charge is 2.17. The summed E-state index contributed by atoms with van der Waals surface area (Å²) in [4.78, 5) is 25.5. The zero-order chi connectivity index (χ0) is 13.3. The molecule has 0 aliphatic rings. The van der Waals surface area contributed by atoms with Gasteiger partial charge in [0.1, 0.15) is 11.3 Å². The first kappa shape index (κ1) is 11.9. The van der Waals surface area contributed by atoms with Crippen LogP contribution in [-0.4, -0.2) is 21.2 Å². The van der Waals surface area contributed by atoms with E-state index in [0.29, 0.717) is 11.1 Å². The standard InChI is InChI=1S/C13H11NO4/c1-7-6-8(15)2-3-9(7)12-11(13(17)18)10(16)4-5-14-12/h2-6,15H,1H3,(H,14,16)(H,17,18). The number of benzene rings is 1. The number of pyridine rings is 1. The Morgan fingerprint density at radius 2 is 2.00 bits per heavy atom. The highest BCUT2D eigenvalue weighted by Crippen LogP contribution is 2.26. The van der Waals surface area contributed by atoms with Crippen LogP contribution in [0.4, 0.5) is 0 Å². The van der Waals surface area contributed by atoms with Gasteiger partial charge in [0.15, 0.2) is 5.43 Å². The second-order valence-electron chi connectivity index (χ2n) is 3.90. The van der Waals surface area contributed by atoms with Crippen LogP contribution in [0.2, 0.25) is 0 Å². The number of carboxylic acid groups (broad SMARTS) is 1. The highest BCUT2D eigenvalue weighted by atomic mass is 16.4. The van der Waals surface area contributed by atoms with Crippen molar-refractivity contribution in [3.8, 4) is 17.0 Å². The number of aromatic nitrogens is 1. The smallest absolute Gasteiger partial charge is 0.341 e. The number of carboxylic acids is 1. The molecule has 0 amide bonds. The number of aryl methyl sites for hydroxylation is 1. The molecule has 0 spiro atoms. The fraction of sp³-hybridized carbons (Fsp3) is 0.0769. The largest absolute Gasteiger partial charge is 0.508 e. The minimum atomic E-state index is -1.28. The molecule has 0 fully saturated rings. The Bertz CT molecular complexity index is 673. The summed E-state index contributed by atoms with van der Waals surface area (Å²) in [6.07, 6.45) is 1.40. The SMILES string of the molecule is Cc1cc(O)ccc1-c1[nH]ccc(=O)c1C(=O)O. The van der Waals surface area contributed by atoms with Crippen LogP contribution in [0, 0.1) is 6.92 Å². The van der Waals surface area contributed by atoms with Gasteiger partial charge in [-0.25, -0.2) is 4.79 Å². The molecule has 0 aliphatic carbocycles. The maximum Gasteiger partial charge on any atom is 0.341 e. The lowest BCUT2D eigenvalue weighted by Crippen LogP contribution is -2.16. The Labute approximate surface area is 102 Å². The summed E-state index contributed by atoms with van der Waals surface area (Å²) in [7, 11) is 0. The van der Waals surface area contributed by atoms with Gasteiger partial charge in [0.05, 0.1) is 5.69 Å². The lowest BCUT2D eigenvalue weighted by atomic mass is 10.0. The summed E-state index contributed by atoms with van der Waals surface area (Å²) in [5, 5.41) is 18.4. The highest BCUT2D eigenvalue weighted by molar-refractivity contribution is 5.95. The molecule has 0 saturated carbocycles. The van der Waals surface area contributed by atoms with Crippen LogP contribution in [-0.2, 0) is 0 Å². The Kier molecular flexibility index (Phi) is 2.89. The van der Waals surface area contributed by atoms with Crippen LogP contribution in [0.1, 0.15) is 15.9 Å². The third kappa shape index (κ3) is 1.98. The molecule has 5 nitrogen and oxygen atoms in total. The van der Waals surface area contributed by atoms with Gasteiger partial charge in [-0.05, 0) is 30.7 Å². The summed E-state index contributed by atoms with van der Waals surface area (Å²) < 4.78 is 0. The normalized spacial score (nSPS) is 10.3. The van der Waals surface area contributed by atoms with Gasteiger partial charge in [-0.15, -0.1) is 0 Å². The van der Waals surface area contributed by atoms with E-state index in [1.165, 1.54) is 24.4 Å². The predicted octanol–water partition coefficient (Wildman–Crippen LogP) is 1.75. The molecule has 92 valence electrons. The van der Waals surface area contributed by atoms with Crippen LogP contribution >= 0.6 is 0 Å². The number of aromatic amines is 1. The molecule has 5 heteroatoms. The number of rotatable bonds is 2. The van der Waals surface area contributed by atoms with E-state index < -0.39 is 11.4 Å². The third-order valence-electron chi connectivity index (χ3n) is 2.65. The van der Waals surface area contributed by atoms with Crippen LogP contribution in [0.15, 0.2) is 35.3 Å². The molecule has 0 bridgehead atoms. The maximum atomic E-state index is 11.6. The molecule has 1 aromatic carbocycles. The number of hydrogen-bond acceptors (Lipinski definition) is 3. The molecule has 0 aliphatic heterocycles. The molecule has 1 heterocycles. The minimum Gasteiger partial charge on any atom is -0.508 e. The average molecular weight is 245 g/mol. The van der Waals surface area contributed by atoms with Crippen molar-refractivity contribution in [1.29, 1.82) is 0 Å². The minimum absolute atomic E-state index is 0.0893. The Hall–Kier alpha value is -2.56. The molecule has 0 saturated heterocycles. The molecule has 0 unspecified atom stereocenters. The first-order chi connectivity index (χ1) is 8.50. The average Bonchev–Trinajstić information content (AvgIpc) is 2.28. The van der Waals surface area contributed by atoms with Crippen LogP contribution in [0.3, 0.4) is 0 Å². The molecule has 0 radical (unpaired) electrons. The second-order valence-corrected chi connectivity index (χ2v) is 3.90. The molecule has 18 heavy (non-hydrogen) atoms. The molecule has 1 aromatic heterocycles. The van der Waals surface area contributed by atoms with E-state index in [9.17, 15) is 14.7 Å². The molecular formula is C13H11NO4. The fourth-order valence-electron chi connectivity index (χ4n) is 1.83. The first-order valence-corrected chi connectivity index (χ1v) is 5.25. The van der Waals surface area contributed by atoms with Crippen LogP contribution in [0.5, 0.6) is 5.75 Å². The molecule has 3 N–H and O–H groups in total. The van der Waals surface area contributed by atoms with Gasteiger partial charge in [0.25, 0.3) is 0 Å². The number of phenols is 1.